The Labute approximate surface area is 241 Å². The van der Waals surface area contributed by atoms with Gasteiger partial charge in [-0.1, -0.05) is 42.5 Å². The fourth-order valence-electron chi connectivity index (χ4n) is 5.53. The second kappa shape index (κ2) is 12.5. The number of carbonyl (C=O) groups excluding carboxylic acids is 1. The molecule has 1 aliphatic rings. The molecular formula is C33H38N4O4. The normalized spacial score (nSPS) is 14.8. The van der Waals surface area contributed by atoms with Crippen LogP contribution < -0.4 is 9.47 Å². The molecule has 2 N–H and O–H groups in total. The Balaban J connectivity index is 1.37. The van der Waals surface area contributed by atoms with Gasteiger partial charge in [0.2, 0.25) is 5.91 Å². The molecule has 1 saturated heterocycles. The van der Waals surface area contributed by atoms with E-state index in [0.29, 0.717) is 22.8 Å². The smallest absolute Gasteiger partial charge is 0.225 e. The van der Waals surface area contributed by atoms with Crippen LogP contribution >= 0.6 is 0 Å². The summed E-state index contributed by atoms with van der Waals surface area (Å²) in [6.45, 7) is 2.88. The third-order valence-corrected chi connectivity index (χ3v) is 7.84. The number of benzene rings is 3. The number of H-pyrrole nitrogens is 1. The number of piperidine rings is 1. The van der Waals surface area contributed by atoms with E-state index in [4.69, 9.17) is 14.5 Å². The van der Waals surface area contributed by atoms with Crippen molar-refractivity contribution in [3.8, 4) is 17.4 Å². The van der Waals surface area contributed by atoms with Gasteiger partial charge in [0.1, 0.15) is 0 Å². The number of likely N-dealkylation sites (tertiary alicyclic amines) is 1. The fourth-order valence-corrected chi connectivity index (χ4v) is 5.53. The number of ether oxygens (including phenoxy) is 2. The quantitative estimate of drug-likeness (QED) is 0.270. The molecule has 1 amide bonds. The zero-order valence-corrected chi connectivity index (χ0v) is 24.2. The lowest BCUT2D eigenvalue weighted by atomic mass is 9.95. The highest BCUT2D eigenvalue weighted by Crippen LogP contribution is 2.38. The highest BCUT2D eigenvalue weighted by atomic mass is 16.5. The first-order valence-electron chi connectivity index (χ1n) is 14.0. The van der Waals surface area contributed by atoms with Gasteiger partial charge in [-0.3, -0.25) is 4.79 Å². The molecule has 0 saturated carbocycles. The van der Waals surface area contributed by atoms with Gasteiger partial charge in [0.05, 0.1) is 36.7 Å². The third-order valence-electron chi connectivity index (χ3n) is 7.84. The summed E-state index contributed by atoms with van der Waals surface area (Å²) in [5.41, 5.74) is 4.91. The molecule has 1 aromatic heterocycles. The van der Waals surface area contributed by atoms with Crippen LogP contribution in [-0.2, 0) is 11.2 Å². The monoisotopic (exact) mass is 554 g/mol. The Bertz CT molecular complexity index is 1520. The summed E-state index contributed by atoms with van der Waals surface area (Å²) in [5.74, 6) is 1.58. The topological polar surface area (TPSA) is 90.4 Å². The van der Waals surface area contributed by atoms with Gasteiger partial charge in [-0.2, -0.15) is 0 Å². The van der Waals surface area contributed by atoms with Crippen LogP contribution in [0.5, 0.6) is 17.4 Å². The lowest BCUT2D eigenvalue weighted by Gasteiger charge is -2.32. The van der Waals surface area contributed by atoms with Gasteiger partial charge >= 0.3 is 0 Å². The first-order valence-corrected chi connectivity index (χ1v) is 14.0. The van der Waals surface area contributed by atoms with Gasteiger partial charge in [0.15, 0.2) is 17.4 Å². The largest absolute Gasteiger partial charge is 0.494 e. The molecule has 2 heterocycles. The number of aromatic nitrogens is 1. The molecule has 41 heavy (non-hydrogen) atoms. The molecule has 1 fully saturated rings. The number of rotatable bonds is 9. The summed E-state index contributed by atoms with van der Waals surface area (Å²) in [6, 6.07) is 21.8. The van der Waals surface area contributed by atoms with Gasteiger partial charge in [0, 0.05) is 43.6 Å². The van der Waals surface area contributed by atoms with Crippen molar-refractivity contribution in [1.29, 1.82) is 0 Å². The van der Waals surface area contributed by atoms with E-state index in [2.05, 4.69) is 22.0 Å². The van der Waals surface area contributed by atoms with Gasteiger partial charge in [-0.25, -0.2) is 4.99 Å². The Morgan fingerprint density at radius 3 is 2.29 bits per heavy atom. The number of nitrogens with one attached hydrogen (secondary N) is 1. The van der Waals surface area contributed by atoms with Crippen LogP contribution in [-0.4, -0.2) is 79.5 Å². The number of nitrogens with zero attached hydrogens (tertiary/aromatic N) is 3. The van der Waals surface area contributed by atoms with Gasteiger partial charge in [-0.05, 0) is 56.1 Å². The molecule has 8 nitrogen and oxygen atoms in total. The van der Waals surface area contributed by atoms with E-state index >= 15 is 0 Å². The molecule has 3 aromatic carbocycles. The van der Waals surface area contributed by atoms with E-state index in [1.807, 2.05) is 68.7 Å². The molecule has 0 bridgehead atoms. The zero-order valence-electron chi connectivity index (χ0n) is 24.2. The van der Waals surface area contributed by atoms with Crippen LogP contribution in [0.15, 0.2) is 71.7 Å². The lowest BCUT2D eigenvalue weighted by Crippen LogP contribution is -2.40. The Hall–Kier alpha value is -4.30. The van der Waals surface area contributed by atoms with Crippen LogP contribution in [0.4, 0.5) is 5.69 Å². The molecule has 0 radical (unpaired) electrons. The van der Waals surface area contributed by atoms with Crippen LogP contribution in [0.3, 0.4) is 0 Å². The molecule has 0 aliphatic carbocycles. The van der Waals surface area contributed by atoms with E-state index in [1.54, 1.807) is 19.1 Å². The first kappa shape index (κ1) is 28.2. The van der Waals surface area contributed by atoms with E-state index in [1.165, 1.54) is 5.56 Å². The molecular weight excluding hydrogens is 516 g/mol. The van der Waals surface area contributed by atoms with Crippen molar-refractivity contribution in [3.63, 3.8) is 0 Å². The van der Waals surface area contributed by atoms with Crippen LogP contribution in [0.2, 0.25) is 0 Å². The van der Waals surface area contributed by atoms with E-state index < -0.39 is 0 Å². The van der Waals surface area contributed by atoms with Crippen molar-refractivity contribution in [2.45, 2.75) is 19.3 Å². The standard InChI is InChI=1S/C33H38N4O4/c1-36(2)33(39)24-15-18-37(19-16-24)17-14-22-10-12-25(13-11-22)34-31(23-8-6-5-7-9-23)30-26-20-28(40-3)29(41-4)21-27(26)35-32(30)38/h5-13,20-21,24,35,38H,14-19H2,1-4H3. The molecule has 0 atom stereocenters. The van der Waals surface area contributed by atoms with E-state index in [0.717, 1.165) is 61.1 Å². The van der Waals surface area contributed by atoms with E-state index in [9.17, 15) is 9.90 Å². The molecule has 214 valence electrons. The summed E-state index contributed by atoms with van der Waals surface area (Å²) in [7, 11) is 6.86. The Morgan fingerprint density at radius 1 is 1.00 bits per heavy atom. The van der Waals surface area contributed by atoms with Crippen LogP contribution in [0.25, 0.3) is 10.9 Å². The highest BCUT2D eigenvalue weighted by molar-refractivity contribution is 6.22. The predicted molar refractivity (Wildman–Crippen MR) is 163 cm³/mol. The molecule has 0 unspecified atom stereocenters. The summed E-state index contributed by atoms with van der Waals surface area (Å²) in [6.07, 6.45) is 2.78. The lowest BCUT2D eigenvalue weighted by molar-refractivity contribution is -0.134. The second-order valence-corrected chi connectivity index (χ2v) is 10.7. The van der Waals surface area contributed by atoms with Gasteiger partial charge < -0.3 is 29.4 Å². The molecule has 0 spiro atoms. The molecule has 1 aliphatic heterocycles. The number of hydrogen-bond acceptors (Lipinski definition) is 6. The SMILES string of the molecule is COc1cc2[nH]c(O)c(C(=Nc3ccc(CCN4CCC(C(=O)N(C)C)CC4)cc3)c3ccccc3)c2cc1OC. The van der Waals surface area contributed by atoms with Crippen LogP contribution in [0, 0.1) is 5.92 Å². The fraction of sp³-hybridized carbons (Fsp3) is 0.333. The first-order chi connectivity index (χ1) is 19.9. The number of fused-ring (bicyclic) bond motifs is 1. The van der Waals surface area contributed by atoms with Crippen molar-refractivity contribution < 1.29 is 19.4 Å². The van der Waals surface area contributed by atoms with E-state index in [-0.39, 0.29) is 17.7 Å². The number of aromatic amines is 1. The molecule has 8 heteroatoms. The van der Waals surface area contributed by atoms with Crippen LogP contribution in [0.1, 0.15) is 29.5 Å². The Kier molecular flexibility index (Phi) is 8.59. The summed E-state index contributed by atoms with van der Waals surface area (Å²) in [5, 5.41) is 11.8. The Morgan fingerprint density at radius 2 is 1.66 bits per heavy atom. The number of hydrogen-bond donors (Lipinski definition) is 2. The van der Waals surface area contributed by atoms with Crippen molar-refractivity contribution in [2.75, 3.05) is 47.9 Å². The predicted octanol–water partition coefficient (Wildman–Crippen LogP) is 5.40. The average Bonchev–Trinajstić information content (AvgIpc) is 3.33. The molecule has 4 aromatic rings. The minimum absolute atomic E-state index is 0.0329. The minimum atomic E-state index is 0.0329. The highest BCUT2D eigenvalue weighted by Gasteiger charge is 2.26. The van der Waals surface area contributed by atoms with Crippen molar-refractivity contribution in [3.05, 3.63) is 83.4 Å². The number of aliphatic imine (C=N–C) groups is 1. The van der Waals surface area contributed by atoms with Crippen molar-refractivity contribution in [2.24, 2.45) is 10.9 Å². The summed E-state index contributed by atoms with van der Waals surface area (Å²) < 4.78 is 11.0. The summed E-state index contributed by atoms with van der Waals surface area (Å²) >= 11 is 0. The second-order valence-electron chi connectivity index (χ2n) is 10.7. The maximum Gasteiger partial charge on any atom is 0.225 e. The summed E-state index contributed by atoms with van der Waals surface area (Å²) in [4.78, 5) is 24.5. The third kappa shape index (κ3) is 6.23. The maximum atomic E-state index is 12.3. The van der Waals surface area contributed by atoms with Crippen molar-refractivity contribution >= 4 is 28.2 Å². The van der Waals surface area contributed by atoms with Gasteiger partial charge in [-0.15, -0.1) is 0 Å². The number of methoxy groups -OCH3 is 2. The number of carbonyl (C=O) groups is 1. The molecule has 5 rings (SSSR count). The minimum Gasteiger partial charge on any atom is -0.494 e. The van der Waals surface area contributed by atoms with Gasteiger partial charge in [0.25, 0.3) is 0 Å². The number of amides is 1. The average molecular weight is 555 g/mol. The number of aromatic hydroxyl groups is 1. The van der Waals surface area contributed by atoms with Crippen molar-refractivity contribution in [1.82, 2.24) is 14.8 Å². The maximum absolute atomic E-state index is 12.3. The zero-order chi connectivity index (χ0) is 28.9.